The fraction of sp³-hybridized carbons (Fsp3) is 0.407. The predicted octanol–water partition coefficient (Wildman–Crippen LogP) is 3.86. The lowest BCUT2D eigenvalue weighted by molar-refractivity contribution is -0.128. The molecule has 1 amide bonds. The number of aliphatic hydroxyl groups excluding tert-OH is 1. The molecule has 1 unspecified atom stereocenters. The van der Waals surface area contributed by atoms with Crippen LogP contribution in [-0.4, -0.2) is 51.9 Å². The van der Waals surface area contributed by atoms with Crippen molar-refractivity contribution in [3.63, 3.8) is 0 Å². The molecule has 1 aliphatic heterocycles. The van der Waals surface area contributed by atoms with Gasteiger partial charge in [-0.1, -0.05) is 23.4 Å². The van der Waals surface area contributed by atoms with Crippen LogP contribution in [0.4, 0.5) is 0 Å². The molecule has 2 aromatic carbocycles. The smallest absolute Gasteiger partial charge is 0.258 e. The number of β-amino-alcohol motifs (C(OH)–C–C–N with tert-alkyl or cyclic N) is 1. The fourth-order valence-corrected chi connectivity index (χ4v) is 5.44. The quantitative estimate of drug-likeness (QED) is 0.580. The number of likely N-dealkylation sites (tertiary alicyclic amines) is 1. The summed E-state index contributed by atoms with van der Waals surface area (Å²) in [6, 6.07) is 13.5. The highest BCUT2D eigenvalue weighted by Gasteiger charge is 2.46. The molecular formula is C27H28N4O4. The van der Waals surface area contributed by atoms with Gasteiger partial charge in [0.15, 0.2) is 0 Å². The van der Waals surface area contributed by atoms with Crippen LogP contribution in [0, 0.1) is 11.3 Å². The van der Waals surface area contributed by atoms with Crippen LogP contribution < -0.4 is 4.74 Å². The first-order chi connectivity index (χ1) is 16.9. The molecule has 8 nitrogen and oxygen atoms in total. The van der Waals surface area contributed by atoms with E-state index >= 15 is 0 Å². The summed E-state index contributed by atoms with van der Waals surface area (Å²) in [6.45, 7) is 4.79. The Morgan fingerprint density at radius 1 is 1.31 bits per heavy atom. The Kier molecular flexibility index (Phi) is 6.03. The van der Waals surface area contributed by atoms with E-state index in [9.17, 15) is 15.2 Å². The molecule has 0 bridgehead atoms. The van der Waals surface area contributed by atoms with Crippen LogP contribution in [-0.2, 0) is 16.6 Å². The van der Waals surface area contributed by atoms with Gasteiger partial charge < -0.3 is 19.3 Å². The van der Waals surface area contributed by atoms with Gasteiger partial charge in [0.2, 0.25) is 11.7 Å². The van der Waals surface area contributed by atoms with E-state index in [4.69, 9.17) is 9.26 Å². The number of hydrogen-bond donors (Lipinski definition) is 1. The minimum Gasteiger partial charge on any atom is -0.490 e. The molecule has 0 radical (unpaired) electrons. The van der Waals surface area contributed by atoms with Crippen LogP contribution in [0.2, 0.25) is 0 Å². The van der Waals surface area contributed by atoms with Gasteiger partial charge in [-0.05, 0) is 62.4 Å². The number of nitrogens with zero attached hydrogens (tertiary/aromatic N) is 4. The maximum absolute atomic E-state index is 12.6. The van der Waals surface area contributed by atoms with Gasteiger partial charge in [0.1, 0.15) is 11.8 Å². The van der Waals surface area contributed by atoms with E-state index in [2.05, 4.69) is 22.3 Å². The fourth-order valence-electron chi connectivity index (χ4n) is 5.44. The van der Waals surface area contributed by atoms with Gasteiger partial charge in [0.05, 0.1) is 18.3 Å². The van der Waals surface area contributed by atoms with Crippen LogP contribution in [0.15, 0.2) is 40.9 Å². The van der Waals surface area contributed by atoms with E-state index in [-0.39, 0.29) is 24.0 Å². The average molecular weight is 473 g/mol. The Morgan fingerprint density at radius 3 is 2.94 bits per heavy atom. The molecule has 1 aliphatic carbocycles. The van der Waals surface area contributed by atoms with Crippen molar-refractivity contribution in [3.05, 3.63) is 53.1 Å². The lowest BCUT2D eigenvalue weighted by atomic mass is 9.68. The van der Waals surface area contributed by atoms with Gasteiger partial charge in [0, 0.05) is 36.1 Å². The highest BCUT2D eigenvalue weighted by molar-refractivity contribution is 5.82. The molecule has 1 atom stereocenters. The SMILES string of the molecule is CC(C)Oc1ccc(-c2nc(-c3cccc4c3CCCC43CC(=O)N(CCO)C3)no2)cc1C#N. The third-order valence-electron chi connectivity index (χ3n) is 6.91. The topological polar surface area (TPSA) is 112 Å². The molecule has 180 valence electrons. The van der Waals surface area contributed by atoms with E-state index in [0.717, 1.165) is 30.4 Å². The summed E-state index contributed by atoms with van der Waals surface area (Å²) in [6.07, 6.45) is 3.21. The first-order valence-corrected chi connectivity index (χ1v) is 12.0. The van der Waals surface area contributed by atoms with Gasteiger partial charge in [0.25, 0.3) is 5.89 Å². The first kappa shape index (κ1) is 23.1. The maximum atomic E-state index is 12.6. The number of hydrogen-bond acceptors (Lipinski definition) is 7. The Morgan fingerprint density at radius 2 is 2.17 bits per heavy atom. The zero-order valence-corrected chi connectivity index (χ0v) is 20.0. The Hall–Kier alpha value is -3.70. The zero-order chi connectivity index (χ0) is 24.6. The molecule has 0 saturated carbocycles. The summed E-state index contributed by atoms with van der Waals surface area (Å²) in [5, 5.41) is 23.2. The summed E-state index contributed by atoms with van der Waals surface area (Å²) < 4.78 is 11.3. The summed E-state index contributed by atoms with van der Waals surface area (Å²) in [5.74, 6) is 1.44. The Balaban J connectivity index is 1.49. The molecule has 35 heavy (non-hydrogen) atoms. The molecule has 1 saturated heterocycles. The van der Waals surface area contributed by atoms with E-state index in [1.807, 2.05) is 32.0 Å². The van der Waals surface area contributed by atoms with Crippen LogP contribution in [0.3, 0.4) is 0 Å². The molecule has 1 fully saturated rings. The van der Waals surface area contributed by atoms with Crippen molar-refractivity contribution in [3.8, 4) is 34.7 Å². The second-order valence-corrected chi connectivity index (χ2v) is 9.59. The molecule has 5 rings (SSSR count). The third kappa shape index (κ3) is 4.17. The van der Waals surface area contributed by atoms with Crippen molar-refractivity contribution in [1.29, 1.82) is 5.26 Å². The number of aliphatic hydroxyl groups is 1. The summed E-state index contributed by atoms with van der Waals surface area (Å²) >= 11 is 0. The average Bonchev–Trinajstić information content (AvgIpc) is 3.45. The molecule has 1 N–H and O–H groups in total. The molecule has 2 aliphatic rings. The van der Waals surface area contributed by atoms with E-state index < -0.39 is 0 Å². The van der Waals surface area contributed by atoms with Crippen LogP contribution in [0.5, 0.6) is 5.75 Å². The second kappa shape index (κ2) is 9.16. The summed E-state index contributed by atoms with van der Waals surface area (Å²) in [4.78, 5) is 19.1. The largest absolute Gasteiger partial charge is 0.490 e. The predicted molar refractivity (Wildman–Crippen MR) is 129 cm³/mol. The number of nitriles is 1. The molecule has 1 spiro atoms. The van der Waals surface area contributed by atoms with Crippen molar-refractivity contribution >= 4 is 5.91 Å². The number of ether oxygens (including phenoxy) is 1. The third-order valence-corrected chi connectivity index (χ3v) is 6.91. The number of benzene rings is 2. The van der Waals surface area contributed by atoms with Gasteiger partial charge in [-0.2, -0.15) is 10.2 Å². The molecular weight excluding hydrogens is 444 g/mol. The number of carbonyl (C=O) groups excluding carboxylic acids is 1. The Bertz CT molecular complexity index is 1310. The number of fused-ring (bicyclic) bond motifs is 2. The molecule has 2 heterocycles. The van der Waals surface area contributed by atoms with E-state index in [0.29, 0.717) is 48.1 Å². The van der Waals surface area contributed by atoms with Gasteiger partial charge >= 0.3 is 0 Å². The van der Waals surface area contributed by atoms with Crippen molar-refractivity contribution in [2.24, 2.45) is 0 Å². The van der Waals surface area contributed by atoms with E-state index in [1.165, 1.54) is 5.56 Å². The number of rotatable bonds is 6. The van der Waals surface area contributed by atoms with Crippen molar-refractivity contribution in [2.45, 2.75) is 51.0 Å². The lowest BCUT2D eigenvalue weighted by Crippen LogP contribution is -2.36. The van der Waals surface area contributed by atoms with Gasteiger partial charge in [-0.25, -0.2) is 0 Å². The van der Waals surface area contributed by atoms with Crippen LogP contribution in [0.1, 0.15) is 49.8 Å². The van der Waals surface area contributed by atoms with Crippen molar-refractivity contribution < 1.29 is 19.2 Å². The zero-order valence-electron chi connectivity index (χ0n) is 20.0. The number of carbonyl (C=O) groups is 1. The lowest BCUT2D eigenvalue weighted by Gasteiger charge is -2.36. The maximum Gasteiger partial charge on any atom is 0.258 e. The number of amides is 1. The van der Waals surface area contributed by atoms with Crippen molar-refractivity contribution in [2.75, 3.05) is 19.7 Å². The monoisotopic (exact) mass is 472 g/mol. The summed E-state index contributed by atoms with van der Waals surface area (Å²) in [7, 11) is 0. The van der Waals surface area contributed by atoms with Crippen LogP contribution >= 0.6 is 0 Å². The van der Waals surface area contributed by atoms with Crippen molar-refractivity contribution in [1.82, 2.24) is 15.0 Å². The normalized spacial score (nSPS) is 19.3. The standard InChI is InChI=1S/C27H28N4O4/c1-17(2)34-23-9-8-18(13-19(23)15-28)26-29-25(30-35-26)21-5-3-7-22-20(21)6-4-10-27(22)14-24(33)31(16-27)11-12-32/h3,5,7-9,13,17,32H,4,6,10-12,14,16H2,1-2H3. The minimum absolute atomic E-state index is 0.0293. The Labute approximate surface area is 204 Å². The molecule has 1 aromatic heterocycles. The second-order valence-electron chi connectivity index (χ2n) is 9.59. The number of aromatic nitrogens is 2. The molecule has 3 aromatic rings. The highest BCUT2D eigenvalue weighted by atomic mass is 16.5. The van der Waals surface area contributed by atoms with Gasteiger partial charge in [-0.3, -0.25) is 4.79 Å². The highest BCUT2D eigenvalue weighted by Crippen LogP contribution is 2.46. The minimum atomic E-state index is -0.240. The first-order valence-electron chi connectivity index (χ1n) is 12.0. The molecule has 8 heteroatoms. The summed E-state index contributed by atoms with van der Waals surface area (Å²) in [5.41, 5.74) is 4.06. The van der Waals surface area contributed by atoms with Crippen LogP contribution in [0.25, 0.3) is 22.8 Å². The van der Waals surface area contributed by atoms with E-state index in [1.54, 1.807) is 17.0 Å². The van der Waals surface area contributed by atoms with Gasteiger partial charge in [-0.15, -0.1) is 0 Å².